The minimum atomic E-state index is 0.481. The van der Waals surface area contributed by atoms with Gasteiger partial charge in [0.2, 0.25) is 0 Å². The van der Waals surface area contributed by atoms with Crippen LogP contribution in [0.5, 0.6) is 0 Å². The van der Waals surface area contributed by atoms with Crippen molar-refractivity contribution in [3.05, 3.63) is 23.2 Å². The van der Waals surface area contributed by atoms with Gasteiger partial charge in [-0.3, -0.25) is 4.90 Å². The van der Waals surface area contributed by atoms with Crippen molar-refractivity contribution in [3.63, 3.8) is 0 Å². The molecule has 0 radical (unpaired) electrons. The van der Waals surface area contributed by atoms with E-state index in [2.05, 4.69) is 38.8 Å². The largest absolute Gasteiger partial charge is 0.463 e. The lowest BCUT2D eigenvalue weighted by atomic mass is 10.1. The van der Waals surface area contributed by atoms with Gasteiger partial charge in [0.15, 0.2) is 0 Å². The van der Waals surface area contributed by atoms with Crippen molar-refractivity contribution in [1.82, 2.24) is 4.90 Å². The number of nitrogens with two attached hydrogens (primary N) is 1. The molecule has 1 aromatic rings. The van der Waals surface area contributed by atoms with Gasteiger partial charge < -0.3 is 10.2 Å². The first kappa shape index (κ1) is 13.3. The number of hydrogen-bond donors (Lipinski definition) is 1. The lowest BCUT2D eigenvalue weighted by Crippen LogP contribution is -2.32. The maximum atomic E-state index is 5.70. The van der Waals surface area contributed by atoms with Gasteiger partial charge in [-0.15, -0.1) is 0 Å². The summed E-state index contributed by atoms with van der Waals surface area (Å²) in [6.07, 6.45) is 0. The van der Waals surface area contributed by atoms with Gasteiger partial charge in [0, 0.05) is 6.04 Å². The molecule has 0 amide bonds. The fourth-order valence-electron chi connectivity index (χ4n) is 1.77. The molecular weight excluding hydrogens is 200 g/mol. The van der Waals surface area contributed by atoms with E-state index in [1.165, 1.54) is 0 Å². The minimum Gasteiger partial charge on any atom is -0.463 e. The maximum Gasteiger partial charge on any atom is 0.120 e. The molecule has 0 bridgehead atoms. The van der Waals surface area contributed by atoms with Crippen LogP contribution >= 0.6 is 0 Å². The summed E-state index contributed by atoms with van der Waals surface area (Å²) < 4.78 is 5.70. The predicted octanol–water partition coefficient (Wildman–Crippen LogP) is 2.52. The summed E-state index contributed by atoms with van der Waals surface area (Å²) in [6, 6.07) is 2.64. The summed E-state index contributed by atoms with van der Waals surface area (Å²) in [6.45, 7) is 10.1. The van der Waals surface area contributed by atoms with E-state index in [0.29, 0.717) is 18.5 Å². The summed E-state index contributed by atoms with van der Waals surface area (Å²) in [5.74, 6) is 2.56. The summed E-state index contributed by atoms with van der Waals surface area (Å²) >= 11 is 0. The second kappa shape index (κ2) is 5.51. The molecule has 1 atom stereocenters. The first-order valence-electron chi connectivity index (χ1n) is 5.94. The Morgan fingerprint density at radius 2 is 2.00 bits per heavy atom. The number of aryl methyl sites for hydroxylation is 1. The average Bonchev–Trinajstić information content (AvgIpc) is 2.57. The monoisotopic (exact) mass is 224 g/mol. The van der Waals surface area contributed by atoms with Gasteiger partial charge in [-0.25, -0.2) is 0 Å². The van der Waals surface area contributed by atoms with Crippen molar-refractivity contribution in [2.24, 2.45) is 11.7 Å². The van der Waals surface area contributed by atoms with Gasteiger partial charge >= 0.3 is 0 Å². The first-order chi connectivity index (χ1) is 7.45. The van der Waals surface area contributed by atoms with E-state index < -0.39 is 0 Å². The third-order valence-corrected chi connectivity index (χ3v) is 3.32. The van der Waals surface area contributed by atoms with E-state index in [9.17, 15) is 0 Å². The third kappa shape index (κ3) is 3.09. The highest BCUT2D eigenvalue weighted by Gasteiger charge is 2.15. The number of furan rings is 1. The molecule has 0 aliphatic rings. The number of rotatable bonds is 5. The zero-order chi connectivity index (χ0) is 12.3. The van der Waals surface area contributed by atoms with Crippen LogP contribution < -0.4 is 5.73 Å². The van der Waals surface area contributed by atoms with Crippen LogP contribution in [0.1, 0.15) is 37.9 Å². The highest BCUT2D eigenvalue weighted by atomic mass is 16.3. The van der Waals surface area contributed by atoms with Crippen LogP contribution in [0.15, 0.2) is 10.5 Å². The molecule has 1 unspecified atom stereocenters. The van der Waals surface area contributed by atoms with Crippen LogP contribution in [0.25, 0.3) is 0 Å². The fourth-order valence-corrected chi connectivity index (χ4v) is 1.77. The van der Waals surface area contributed by atoms with E-state index in [1.807, 2.05) is 6.92 Å². The van der Waals surface area contributed by atoms with Crippen LogP contribution in [0.2, 0.25) is 0 Å². The quantitative estimate of drug-likeness (QED) is 0.835. The highest BCUT2D eigenvalue weighted by Crippen LogP contribution is 2.17. The molecule has 92 valence electrons. The molecule has 2 N–H and O–H groups in total. The Labute approximate surface area is 98.6 Å². The van der Waals surface area contributed by atoms with Crippen molar-refractivity contribution in [2.75, 3.05) is 7.05 Å². The fraction of sp³-hybridized carbons (Fsp3) is 0.692. The molecule has 1 rings (SSSR count). The SMILES string of the molecule is Cc1cc(CN(C)C(C)C(C)C)oc1CN. The van der Waals surface area contributed by atoms with Crippen molar-refractivity contribution >= 4 is 0 Å². The van der Waals surface area contributed by atoms with E-state index in [0.717, 1.165) is 23.6 Å². The molecule has 0 saturated heterocycles. The highest BCUT2D eigenvalue weighted by molar-refractivity contribution is 5.19. The Morgan fingerprint density at radius 3 is 2.44 bits per heavy atom. The van der Waals surface area contributed by atoms with Gasteiger partial charge in [-0.05, 0) is 38.4 Å². The van der Waals surface area contributed by atoms with Crippen molar-refractivity contribution in [1.29, 1.82) is 0 Å². The Kier molecular flexibility index (Phi) is 4.56. The Balaban J connectivity index is 2.65. The third-order valence-electron chi connectivity index (χ3n) is 3.32. The Bertz CT molecular complexity index is 331. The lowest BCUT2D eigenvalue weighted by Gasteiger charge is -2.26. The molecule has 0 aliphatic carbocycles. The normalized spacial score (nSPS) is 13.8. The zero-order valence-electron chi connectivity index (χ0n) is 11.1. The molecule has 16 heavy (non-hydrogen) atoms. The molecule has 1 aromatic heterocycles. The van der Waals surface area contributed by atoms with Gasteiger partial charge in [-0.2, -0.15) is 0 Å². The van der Waals surface area contributed by atoms with E-state index in [1.54, 1.807) is 0 Å². The van der Waals surface area contributed by atoms with Gasteiger partial charge in [0.1, 0.15) is 11.5 Å². The molecular formula is C13H24N2O. The molecule has 0 saturated carbocycles. The topological polar surface area (TPSA) is 42.4 Å². The van der Waals surface area contributed by atoms with E-state index in [4.69, 9.17) is 10.2 Å². The summed E-state index contributed by atoms with van der Waals surface area (Å²) in [4.78, 5) is 2.31. The maximum absolute atomic E-state index is 5.70. The van der Waals surface area contributed by atoms with Crippen LogP contribution in [0.3, 0.4) is 0 Å². The summed E-state index contributed by atoms with van der Waals surface area (Å²) in [5, 5.41) is 0. The number of nitrogens with zero attached hydrogens (tertiary/aromatic N) is 1. The molecule has 1 heterocycles. The van der Waals surface area contributed by atoms with Gasteiger partial charge in [0.25, 0.3) is 0 Å². The molecule has 0 aromatic carbocycles. The van der Waals surface area contributed by atoms with Crippen LogP contribution in [0.4, 0.5) is 0 Å². The molecule has 0 aliphatic heterocycles. The standard InChI is InChI=1S/C13H24N2O/c1-9(2)11(4)15(5)8-12-6-10(3)13(7-14)16-12/h6,9,11H,7-8,14H2,1-5H3. The lowest BCUT2D eigenvalue weighted by molar-refractivity contribution is 0.186. The minimum absolute atomic E-state index is 0.481. The van der Waals surface area contributed by atoms with Crippen LogP contribution in [-0.4, -0.2) is 18.0 Å². The predicted molar refractivity (Wildman–Crippen MR) is 67.1 cm³/mol. The van der Waals surface area contributed by atoms with Gasteiger partial charge in [-0.1, -0.05) is 13.8 Å². The average molecular weight is 224 g/mol. The Morgan fingerprint density at radius 1 is 1.38 bits per heavy atom. The first-order valence-corrected chi connectivity index (χ1v) is 5.94. The Hall–Kier alpha value is -0.800. The van der Waals surface area contributed by atoms with Crippen LogP contribution in [-0.2, 0) is 13.1 Å². The van der Waals surface area contributed by atoms with Crippen molar-refractivity contribution < 1.29 is 4.42 Å². The zero-order valence-corrected chi connectivity index (χ0v) is 11.1. The van der Waals surface area contributed by atoms with E-state index in [-0.39, 0.29) is 0 Å². The second-order valence-corrected chi connectivity index (χ2v) is 4.92. The smallest absolute Gasteiger partial charge is 0.120 e. The summed E-state index contributed by atoms with van der Waals surface area (Å²) in [7, 11) is 2.13. The second-order valence-electron chi connectivity index (χ2n) is 4.92. The molecule has 0 fully saturated rings. The number of hydrogen-bond acceptors (Lipinski definition) is 3. The molecule has 3 heteroatoms. The van der Waals surface area contributed by atoms with Crippen LogP contribution in [0, 0.1) is 12.8 Å². The summed E-state index contributed by atoms with van der Waals surface area (Å²) in [5.41, 5.74) is 6.75. The van der Waals surface area contributed by atoms with E-state index >= 15 is 0 Å². The van der Waals surface area contributed by atoms with Gasteiger partial charge in [0.05, 0.1) is 13.1 Å². The van der Waals surface area contributed by atoms with Crippen molar-refractivity contribution in [3.8, 4) is 0 Å². The molecule has 3 nitrogen and oxygen atoms in total. The van der Waals surface area contributed by atoms with Crippen molar-refractivity contribution in [2.45, 2.75) is 46.8 Å². The molecule has 0 spiro atoms.